The number of para-hydroxylation sites is 1. The molecule has 0 atom stereocenters. The molecule has 1 aromatic heterocycles. The van der Waals surface area contributed by atoms with Crippen molar-refractivity contribution in [1.29, 1.82) is 0 Å². The number of pyridine rings is 1. The number of allylic oxidation sites excluding steroid dienone is 1. The number of aromatic nitrogens is 1. The fourth-order valence-corrected chi connectivity index (χ4v) is 2.65. The number of nitrogens with zero attached hydrogens (tertiary/aromatic N) is 3. The second kappa shape index (κ2) is 11.4. The summed E-state index contributed by atoms with van der Waals surface area (Å²) in [6.45, 7) is 7.66. The largest absolute Gasteiger partial charge is 0.460 e. The fourth-order valence-electron chi connectivity index (χ4n) is 2.65. The molecule has 2 aromatic carbocycles. The van der Waals surface area contributed by atoms with Gasteiger partial charge in [-0.2, -0.15) is 0 Å². The predicted octanol–water partition coefficient (Wildman–Crippen LogP) is 5.00. The van der Waals surface area contributed by atoms with Gasteiger partial charge in [0.05, 0.1) is 12.3 Å². The Hall–Kier alpha value is -4.53. The summed E-state index contributed by atoms with van der Waals surface area (Å²) in [5.41, 5.74) is 7.29. The number of ether oxygens (including phenoxy) is 1. The summed E-state index contributed by atoms with van der Waals surface area (Å²) in [7, 11) is 0. The first-order valence-corrected chi connectivity index (χ1v) is 10.6. The van der Waals surface area contributed by atoms with Crippen LogP contribution in [-0.4, -0.2) is 23.3 Å². The maximum absolute atomic E-state index is 12.2. The Balaban J connectivity index is 1.61. The Morgan fingerprint density at radius 1 is 1.00 bits per heavy atom. The van der Waals surface area contributed by atoms with Crippen LogP contribution >= 0.6 is 0 Å². The first kappa shape index (κ1) is 24.1. The second-order valence-corrected chi connectivity index (χ2v) is 7.59. The zero-order valence-electron chi connectivity index (χ0n) is 19.0. The second-order valence-electron chi connectivity index (χ2n) is 7.59. The standard InChI is InChI=1S/C25H26N6O3/c1-16(2)17(3)34-21-12-8-7-11-19(21)30-31-20-13-14-22(29-24(20)26)28-23(32)15-27-25(33)18-9-5-4-6-10-18/h4-14,16H,3,15H2,1-2H3,(H,27,33)(H3,26,28,29,32)/b31-30+. The number of rotatable bonds is 9. The van der Waals surface area contributed by atoms with Gasteiger partial charge in [-0.25, -0.2) is 4.98 Å². The molecular weight excluding hydrogens is 432 g/mol. The van der Waals surface area contributed by atoms with Crippen molar-refractivity contribution in [3.63, 3.8) is 0 Å². The summed E-state index contributed by atoms with van der Waals surface area (Å²) in [5.74, 6) is 0.815. The minimum absolute atomic E-state index is 0.0832. The summed E-state index contributed by atoms with van der Waals surface area (Å²) in [5, 5.41) is 13.5. The van der Waals surface area contributed by atoms with Crippen LogP contribution in [0, 0.1) is 5.92 Å². The SMILES string of the molecule is C=C(Oc1ccccc1/N=N/c1ccc(NC(=O)CNC(=O)c2ccccc2)nc1N)C(C)C. The van der Waals surface area contributed by atoms with Gasteiger partial charge in [0.15, 0.2) is 11.6 Å². The molecule has 0 aliphatic rings. The molecule has 0 aliphatic carbocycles. The maximum Gasteiger partial charge on any atom is 0.251 e. The smallest absolute Gasteiger partial charge is 0.251 e. The third-order valence-corrected chi connectivity index (χ3v) is 4.63. The van der Waals surface area contributed by atoms with Crippen LogP contribution in [0.2, 0.25) is 0 Å². The number of azo groups is 1. The number of nitrogen functional groups attached to an aromatic ring is 1. The minimum atomic E-state index is -0.443. The maximum atomic E-state index is 12.2. The molecule has 174 valence electrons. The van der Waals surface area contributed by atoms with E-state index in [2.05, 4.69) is 32.4 Å². The van der Waals surface area contributed by atoms with Gasteiger partial charge < -0.3 is 21.1 Å². The molecule has 3 aromatic rings. The van der Waals surface area contributed by atoms with Crippen molar-refractivity contribution in [2.24, 2.45) is 16.1 Å². The summed E-state index contributed by atoms with van der Waals surface area (Å²) in [6, 6.07) is 18.9. The van der Waals surface area contributed by atoms with Crippen LogP contribution < -0.4 is 21.1 Å². The molecule has 2 amide bonds. The van der Waals surface area contributed by atoms with Gasteiger partial charge in [0.25, 0.3) is 5.91 Å². The highest BCUT2D eigenvalue weighted by atomic mass is 16.5. The van der Waals surface area contributed by atoms with Crippen LogP contribution in [0.25, 0.3) is 0 Å². The quantitative estimate of drug-likeness (QED) is 0.307. The highest BCUT2D eigenvalue weighted by Gasteiger charge is 2.11. The van der Waals surface area contributed by atoms with Crippen LogP contribution in [0.5, 0.6) is 5.75 Å². The van der Waals surface area contributed by atoms with Crippen molar-refractivity contribution in [3.05, 3.63) is 84.6 Å². The van der Waals surface area contributed by atoms with Gasteiger partial charge in [-0.05, 0) is 36.4 Å². The van der Waals surface area contributed by atoms with Gasteiger partial charge in [0.1, 0.15) is 17.2 Å². The molecule has 0 saturated heterocycles. The van der Waals surface area contributed by atoms with Crippen molar-refractivity contribution >= 4 is 34.8 Å². The predicted molar refractivity (Wildman–Crippen MR) is 131 cm³/mol. The van der Waals surface area contributed by atoms with E-state index in [-0.39, 0.29) is 30.0 Å². The molecule has 0 fully saturated rings. The molecule has 0 spiro atoms. The lowest BCUT2D eigenvalue weighted by atomic mass is 10.2. The molecule has 9 heteroatoms. The van der Waals surface area contributed by atoms with Gasteiger partial charge in [-0.3, -0.25) is 9.59 Å². The molecule has 0 radical (unpaired) electrons. The molecule has 0 saturated carbocycles. The summed E-state index contributed by atoms with van der Waals surface area (Å²) in [6.07, 6.45) is 0. The Kier molecular flexibility index (Phi) is 8.07. The highest BCUT2D eigenvalue weighted by molar-refractivity contribution is 5.99. The Morgan fingerprint density at radius 3 is 2.38 bits per heavy atom. The van der Waals surface area contributed by atoms with E-state index in [9.17, 15) is 9.59 Å². The van der Waals surface area contributed by atoms with E-state index in [1.165, 1.54) is 0 Å². The average molecular weight is 459 g/mol. The first-order chi connectivity index (χ1) is 16.3. The van der Waals surface area contributed by atoms with Crippen molar-refractivity contribution < 1.29 is 14.3 Å². The van der Waals surface area contributed by atoms with Crippen LogP contribution in [0.3, 0.4) is 0 Å². The monoisotopic (exact) mass is 458 g/mol. The highest BCUT2D eigenvalue weighted by Crippen LogP contribution is 2.32. The Labute approximate surface area is 197 Å². The van der Waals surface area contributed by atoms with E-state index in [4.69, 9.17) is 10.5 Å². The number of hydrogen-bond donors (Lipinski definition) is 3. The zero-order chi connectivity index (χ0) is 24.5. The van der Waals surface area contributed by atoms with E-state index in [0.717, 1.165) is 0 Å². The van der Waals surface area contributed by atoms with E-state index in [1.807, 2.05) is 26.0 Å². The number of hydrogen-bond acceptors (Lipinski definition) is 7. The number of nitrogens with one attached hydrogen (secondary N) is 2. The average Bonchev–Trinajstić information content (AvgIpc) is 2.83. The van der Waals surface area contributed by atoms with Gasteiger partial charge >= 0.3 is 0 Å². The fraction of sp³-hybridized carbons (Fsp3) is 0.160. The number of nitrogens with two attached hydrogens (primary N) is 1. The lowest BCUT2D eigenvalue weighted by Crippen LogP contribution is -2.33. The van der Waals surface area contributed by atoms with Crippen LogP contribution in [-0.2, 0) is 4.79 Å². The summed E-state index contributed by atoms with van der Waals surface area (Å²) in [4.78, 5) is 28.3. The molecular formula is C25H26N6O3. The molecule has 34 heavy (non-hydrogen) atoms. The lowest BCUT2D eigenvalue weighted by molar-refractivity contribution is -0.115. The van der Waals surface area contributed by atoms with Crippen molar-refractivity contribution in [3.8, 4) is 5.75 Å². The molecule has 4 N–H and O–H groups in total. The van der Waals surface area contributed by atoms with Crippen LogP contribution in [0.1, 0.15) is 24.2 Å². The summed E-state index contributed by atoms with van der Waals surface area (Å²) >= 11 is 0. The van der Waals surface area contributed by atoms with Gasteiger partial charge in [0, 0.05) is 11.5 Å². The van der Waals surface area contributed by atoms with Gasteiger partial charge in [-0.15, -0.1) is 10.2 Å². The lowest BCUT2D eigenvalue weighted by Gasteiger charge is -2.12. The number of amides is 2. The Morgan fingerprint density at radius 2 is 1.68 bits per heavy atom. The normalized spacial score (nSPS) is 10.8. The van der Waals surface area contributed by atoms with Gasteiger partial charge in [-0.1, -0.05) is 50.8 Å². The first-order valence-electron chi connectivity index (χ1n) is 10.6. The molecule has 1 heterocycles. The third-order valence-electron chi connectivity index (χ3n) is 4.63. The van der Waals surface area contributed by atoms with Crippen LogP contribution in [0.15, 0.2) is 89.3 Å². The number of carbonyl (C=O) groups excluding carboxylic acids is 2. The molecule has 0 bridgehead atoms. The van der Waals surface area contributed by atoms with Gasteiger partial charge in [0.2, 0.25) is 5.91 Å². The van der Waals surface area contributed by atoms with E-state index in [0.29, 0.717) is 28.4 Å². The topological polar surface area (TPSA) is 131 Å². The van der Waals surface area contributed by atoms with E-state index < -0.39 is 5.91 Å². The zero-order valence-corrected chi connectivity index (χ0v) is 19.0. The Bertz CT molecular complexity index is 1210. The molecule has 0 aliphatic heterocycles. The molecule has 0 unspecified atom stereocenters. The molecule has 3 rings (SSSR count). The van der Waals surface area contributed by atoms with E-state index >= 15 is 0 Å². The summed E-state index contributed by atoms with van der Waals surface area (Å²) < 4.78 is 5.78. The van der Waals surface area contributed by atoms with Crippen molar-refractivity contribution in [1.82, 2.24) is 10.3 Å². The number of carbonyl (C=O) groups is 2. The number of benzene rings is 2. The van der Waals surface area contributed by atoms with Crippen LogP contribution in [0.4, 0.5) is 23.0 Å². The molecule has 9 nitrogen and oxygen atoms in total. The van der Waals surface area contributed by atoms with E-state index in [1.54, 1.807) is 54.6 Å². The number of anilines is 2. The third kappa shape index (κ3) is 6.73. The minimum Gasteiger partial charge on any atom is -0.460 e. The van der Waals surface area contributed by atoms with Crippen molar-refractivity contribution in [2.45, 2.75) is 13.8 Å². The van der Waals surface area contributed by atoms with Crippen molar-refractivity contribution in [2.75, 3.05) is 17.6 Å².